The third kappa shape index (κ3) is 2.35. The maximum atomic E-state index is 12.6. The Hall–Kier alpha value is -0.570. The lowest BCUT2D eigenvalue weighted by atomic mass is 9.71. The first-order chi connectivity index (χ1) is 8.16. The molecule has 0 aromatic carbocycles. The van der Waals surface area contributed by atoms with Crippen LogP contribution in [0.15, 0.2) is 0 Å². The highest BCUT2D eigenvalue weighted by molar-refractivity contribution is 5.83. The quantitative estimate of drug-likeness (QED) is 0.788. The Labute approximate surface area is 105 Å². The van der Waals surface area contributed by atoms with E-state index in [1.165, 1.54) is 19.3 Å². The maximum absolute atomic E-state index is 12.6. The Morgan fingerprint density at radius 2 is 1.76 bits per heavy atom. The second-order valence-electron chi connectivity index (χ2n) is 5.83. The van der Waals surface area contributed by atoms with Gasteiger partial charge in [-0.1, -0.05) is 13.8 Å². The number of carbonyl (C=O) groups excluding carboxylic acids is 1. The Morgan fingerprint density at radius 1 is 1.12 bits per heavy atom. The van der Waals surface area contributed by atoms with Gasteiger partial charge in [-0.15, -0.1) is 0 Å². The molecule has 1 saturated carbocycles. The van der Waals surface area contributed by atoms with Gasteiger partial charge in [0.25, 0.3) is 0 Å². The van der Waals surface area contributed by atoms with Crippen molar-refractivity contribution in [1.29, 1.82) is 0 Å². The minimum Gasteiger partial charge on any atom is -0.350 e. The fourth-order valence-electron chi connectivity index (χ4n) is 3.19. The minimum atomic E-state index is -0.0942. The first-order valence-corrected chi connectivity index (χ1v) is 7.20. The normalized spacial score (nSPS) is 26.0. The summed E-state index contributed by atoms with van der Waals surface area (Å²) >= 11 is 0. The van der Waals surface area contributed by atoms with E-state index in [-0.39, 0.29) is 11.0 Å². The van der Waals surface area contributed by atoms with E-state index in [0.717, 1.165) is 38.8 Å². The van der Waals surface area contributed by atoms with Crippen LogP contribution >= 0.6 is 0 Å². The molecule has 3 heteroatoms. The van der Waals surface area contributed by atoms with Crippen molar-refractivity contribution >= 4 is 5.91 Å². The Bertz CT molecular complexity index is 272. The van der Waals surface area contributed by atoms with Crippen LogP contribution in [0, 0.1) is 5.41 Å². The fourth-order valence-corrected chi connectivity index (χ4v) is 3.19. The van der Waals surface area contributed by atoms with Crippen LogP contribution in [0.25, 0.3) is 0 Å². The standard InChI is InChI=1S/C14H26N2O/c1-3-13(8-10-15-11-9-13)12(17)16-14(4-2)6-5-7-14/h15H,3-11H2,1-2H3,(H,16,17). The molecule has 2 rings (SSSR count). The second kappa shape index (κ2) is 4.97. The molecule has 2 aliphatic rings. The molecule has 0 unspecified atom stereocenters. The average molecular weight is 238 g/mol. The molecule has 1 amide bonds. The zero-order chi connectivity index (χ0) is 12.4. The number of carbonyl (C=O) groups is 1. The van der Waals surface area contributed by atoms with Crippen molar-refractivity contribution in [1.82, 2.24) is 10.6 Å². The molecular weight excluding hydrogens is 212 g/mol. The lowest BCUT2D eigenvalue weighted by Gasteiger charge is -2.45. The Morgan fingerprint density at radius 3 is 2.18 bits per heavy atom. The van der Waals surface area contributed by atoms with Crippen molar-refractivity contribution in [2.45, 2.75) is 64.3 Å². The van der Waals surface area contributed by atoms with Crippen LogP contribution in [-0.4, -0.2) is 24.5 Å². The summed E-state index contributed by atoms with van der Waals surface area (Å²) in [5.41, 5.74) is 0.0487. The molecule has 2 fully saturated rings. The van der Waals surface area contributed by atoms with E-state index >= 15 is 0 Å². The molecular formula is C14H26N2O. The largest absolute Gasteiger partial charge is 0.350 e. The van der Waals surface area contributed by atoms with E-state index in [2.05, 4.69) is 24.5 Å². The monoisotopic (exact) mass is 238 g/mol. The molecule has 0 radical (unpaired) electrons. The summed E-state index contributed by atoms with van der Waals surface area (Å²) in [6.45, 7) is 6.32. The van der Waals surface area contributed by atoms with Crippen LogP contribution < -0.4 is 10.6 Å². The zero-order valence-corrected chi connectivity index (χ0v) is 11.3. The van der Waals surface area contributed by atoms with Gasteiger partial charge in [0, 0.05) is 5.54 Å². The number of nitrogens with one attached hydrogen (secondary N) is 2. The molecule has 0 aromatic heterocycles. The maximum Gasteiger partial charge on any atom is 0.226 e. The number of amides is 1. The molecule has 3 nitrogen and oxygen atoms in total. The number of piperidine rings is 1. The average Bonchev–Trinajstić information content (AvgIpc) is 2.34. The van der Waals surface area contributed by atoms with E-state index in [9.17, 15) is 4.79 Å². The molecule has 0 aromatic rings. The number of hydrogen-bond acceptors (Lipinski definition) is 2. The molecule has 1 heterocycles. The van der Waals surface area contributed by atoms with Crippen molar-refractivity contribution in [2.24, 2.45) is 5.41 Å². The van der Waals surface area contributed by atoms with Crippen molar-refractivity contribution in [2.75, 3.05) is 13.1 Å². The van der Waals surface area contributed by atoms with E-state index in [1.54, 1.807) is 0 Å². The smallest absolute Gasteiger partial charge is 0.226 e. The summed E-state index contributed by atoms with van der Waals surface area (Å²) in [6.07, 6.45) is 7.66. The first kappa shape index (κ1) is 12.9. The van der Waals surface area contributed by atoms with Gasteiger partial charge < -0.3 is 10.6 Å². The first-order valence-electron chi connectivity index (χ1n) is 7.20. The van der Waals surface area contributed by atoms with Crippen LogP contribution in [0.5, 0.6) is 0 Å². The zero-order valence-electron chi connectivity index (χ0n) is 11.3. The van der Waals surface area contributed by atoms with Crippen molar-refractivity contribution in [3.8, 4) is 0 Å². The highest BCUT2D eigenvalue weighted by atomic mass is 16.2. The summed E-state index contributed by atoms with van der Waals surface area (Å²) in [5, 5.41) is 6.73. The van der Waals surface area contributed by atoms with E-state index in [0.29, 0.717) is 5.91 Å². The molecule has 98 valence electrons. The molecule has 1 saturated heterocycles. The molecule has 1 aliphatic heterocycles. The molecule has 0 bridgehead atoms. The Balaban J connectivity index is 2.01. The molecule has 17 heavy (non-hydrogen) atoms. The van der Waals surface area contributed by atoms with Crippen molar-refractivity contribution in [3.05, 3.63) is 0 Å². The predicted molar refractivity (Wildman–Crippen MR) is 69.8 cm³/mol. The molecule has 1 aliphatic carbocycles. The molecule has 2 N–H and O–H groups in total. The third-order valence-corrected chi connectivity index (χ3v) is 5.09. The number of rotatable bonds is 4. The van der Waals surface area contributed by atoms with Crippen molar-refractivity contribution in [3.63, 3.8) is 0 Å². The van der Waals surface area contributed by atoms with Gasteiger partial charge in [0.05, 0.1) is 5.41 Å². The van der Waals surface area contributed by atoms with Gasteiger partial charge >= 0.3 is 0 Å². The van der Waals surface area contributed by atoms with Crippen LogP contribution in [0.1, 0.15) is 58.8 Å². The van der Waals surface area contributed by atoms with Gasteiger partial charge in [-0.2, -0.15) is 0 Å². The van der Waals surface area contributed by atoms with Crippen molar-refractivity contribution < 1.29 is 4.79 Å². The minimum absolute atomic E-state index is 0.0942. The van der Waals surface area contributed by atoms with Crippen LogP contribution in [-0.2, 0) is 4.79 Å². The molecule has 0 atom stereocenters. The van der Waals surface area contributed by atoms with Gasteiger partial charge in [0.1, 0.15) is 0 Å². The van der Waals surface area contributed by atoms with E-state index in [1.807, 2.05) is 0 Å². The SMILES string of the molecule is CCC1(NC(=O)C2(CC)CCNCC2)CCC1. The number of hydrogen-bond donors (Lipinski definition) is 2. The van der Waals surface area contributed by atoms with Gasteiger partial charge in [-0.05, 0) is 58.0 Å². The highest BCUT2D eigenvalue weighted by Crippen LogP contribution is 2.38. The van der Waals surface area contributed by atoms with E-state index < -0.39 is 0 Å². The second-order valence-corrected chi connectivity index (χ2v) is 5.83. The van der Waals surface area contributed by atoms with Gasteiger partial charge in [-0.25, -0.2) is 0 Å². The summed E-state index contributed by atoms with van der Waals surface area (Å²) < 4.78 is 0. The van der Waals surface area contributed by atoms with Gasteiger partial charge in [0.2, 0.25) is 5.91 Å². The van der Waals surface area contributed by atoms with Crippen LogP contribution in [0.4, 0.5) is 0 Å². The summed E-state index contributed by atoms with van der Waals surface area (Å²) in [6, 6.07) is 0. The lowest BCUT2D eigenvalue weighted by Crippen LogP contribution is -2.58. The van der Waals surface area contributed by atoms with E-state index in [4.69, 9.17) is 0 Å². The van der Waals surface area contributed by atoms with Gasteiger partial charge in [0.15, 0.2) is 0 Å². The lowest BCUT2D eigenvalue weighted by molar-refractivity contribution is -0.136. The fraction of sp³-hybridized carbons (Fsp3) is 0.929. The summed E-state index contributed by atoms with van der Waals surface area (Å²) in [7, 11) is 0. The summed E-state index contributed by atoms with van der Waals surface area (Å²) in [5.74, 6) is 0.322. The third-order valence-electron chi connectivity index (χ3n) is 5.09. The summed E-state index contributed by atoms with van der Waals surface area (Å²) in [4.78, 5) is 12.6. The Kier molecular flexibility index (Phi) is 3.76. The van der Waals surface area contributed by atoms with Gasteiger partial charge in [-0.3, -0.25) is 4.79 Å². The van der Waals surface area contributed by atoms with Crippen LogP contribution in [0.2, 0.25) is 0 Å². The molecule has 0 spiro atoms. The van der Waals surface area contributed by atoms with Crippen LogP contribution in [0.3, 0.4) is 0 Å². The topological polar surface area (TPSA) is 41.1 Å². The highest BCUT2D eigenvalue weighted by Gasteiger charge is 2.43. The predicted octanol–water partition coefficient (Wildman–Crippen LogP) is 2.22.